The molecule has 0 fully saturated rings. The molecule has 8 nitrogen and oxygen atoms in total. The summed E-state index contributed by atoms with van der Waals surface area (Å²) in [6.45, 7) is 7.06. The lowest BCUT2D eigenvalue weighted by Gasteiger charge is -2.29. The Morgan fingerprint density at radius 2 is 2.03 bits per heavy atom. The molecule has 34 heavy (non-hydrogen) atoms. The Morgan fingerprint density at radius 3 is 2.71 bits per heavy atom. The van der Waals surface area contributed by atoms with Crippen LogP contribution < -0.4 is 15.4 Å². The minimum atomic E-state index is -0.761. The molecule has 9 heteroatoms. The Hall–Kier alpha value is -2.99. The molecule has 3 N–H and O–H groups in total. The number of aliphatic hydroxyl groups is 1. The molecule has 180 valence electrons. The normalized spacial score (nSPS) is 18.9. The van der Waals surface area contributed by atoms with Gasteiger partial charge in [-0.15, -0.1) is 5.11 Å². The fraction of sp³-hybridized carbons (Fsp3) is 0.440. The van der Waals surface area contributed by atoms with Gasteiger partial charge in [-0.25, -0.2) is 0 Å². The Balaban J connectivity index is 1.45. The van der Waals surface area contributed by atoms with Crippen molar-refractivity contribution in [1.29, 1.82) is 5.26 Å². The number of β-amino-alcohol motifs (C(OH)–C–C–N with tert-alkyl or cyclic N) is 1. The highest BCUT2D eigenvalue weighted by Crippen LogP contribution is 2.32. The molecule has 0 bridgehead atoms. The van der Waals surface area contributed by atoms with Crippen LogP contribution in [0.25, 0.3) is 0 Å². The van der Waals surface area contributed by atoms with Gasteiger partial charge in [0, 0.05) is 41.8 Å². The molecule has 0 saturated heterocycles. The van der Waals surface area contributed by atoms with Crippen LogP contribution in [0.2, 0.25) is 5.02 Å². The molecule has 0 aromatic heterocycles. The standard InChI is InChI=1S/C25H30ClN5O3/c1-16-10-23(33)30-31-24(16)17-5-8-20(9-6-17)28-15-25(2,3)29-13-21(32)14-34-22-11-19(26)7-4-18(22)12-27/h4-9,11,16,21,24,28-29,32H,10,13-15H2,1-3H3/t16-,21+,24+/m1/s1. The zero-order valence-electron chi connectivity index (χ0n) is 19.6. The SMILES string of the molecule is C[C@@H]1CC(=O)N=N[C@@H]1c1ccc(NCC(C)(C)NC[C@H](O)COc2cc(Cl)ccc2C#N)cc1. The Morgan fingerprint density at radius 1 is 1.29 bits per heavy atom. The van der Waals surface area contributed by atoms with Crippen LogP contribution in [-0.2, 0) is 4.79 Å². The lowest BCUT2D eigenvalue weighted by molar-refractivity contribution is -0.120. The number of hydrogen-bond donors (Lipinski definition) is 3. The summed E-state index contributed by atoms with van der Waals surface area (Å²) in [6, 6.07) is 14.7. The van der Waals surface area contributed by atoms with Crippen LogP contribution in [0.4, 0.5) is 5.69 Å². The molecule has 1 aliphatic heterocycles. The van der Waals surface area contributed by atoms with Gasteiger partial charge in [0.1, 0.15) is 24.5 Å². The highest BCUT2D eigenvalue weighted by molar-refractivity contribution is 6.30. The number of nitrogens with one attached hydrogen (secondary N) is 2. The number of aliphatic hydroxyl groups excluding tert-OH is 1. The van der Waals surface area contributed by atoms with E-state index >= 15 is 0 Å². The van der Waals surface area contributed by atoms with E-state index in [1.54, 1.807) is 18.2 Å². The van der Waals surface area contributed by atoms with Gasteiger partial charge in [-0.2, -0.15) is 10.4 Å². The molecule has 1 aliphatic rings. The summed E-state index contributed by atoms with van der Waals surface area (Å²) in [6.07, 6.45) is -0.341. The maximum atomic E-state index is 11.4. The number of amides is 1. The number of hydrogen-bond acceptors (Lipinski definition) is 7. The van der Waals surface area contributed by atoms with Gasteiger partial charge in [-0.3, -0.25) is 4.79 Å². The van der Waals surface area contributed by atoms with Crippen molar-refractivity contribution in [1.82, 2.24) is 5.32 Å². The van der Waals surface area contributed by atoms with Gasteiger partial charge in [0.05, 0.1) is 11.6 Å². The van der Waals surface area contributed by atoms with E-state index in [4.69, 9.17) is 21.6 Å². The predicted molar refractivity (Wildman–Crippen MR) is 131 cm³/mol. The van der Waals surface area contributed by atoms with Crippen molar-refractivity contribution in [3.8, 4) is 11.8 Å². The molecule has 0 unspecified atom stereocenters. The lowest BCUT2D eigenvalue weighted by atomic mass is 9.91. The van der Waals surface area contributed by atoms with Crippen LogP contribution in [0.1, 0.15) is 44.4 Å². The van der Waals surface area contributed by atoms with Crippen LogP contribution >= 0.6 is 11.6 Å². The number of nitriles is 1. The van der Waals surface area contributed by atoms with Gasteiger partial charge in [0.15, 0.2) is 0 Å². The van der Waals surface area contributed by atoms with Crippen molar-refractivity contribution < 1.29 is 14.6 Å². The van der Waals surface area contributed by atoms with E-state index in [1.165, 1.54) is 0 Å². The van der Waals surface area contributed by atoms with Crippen molar-refractivity contribution in [2.45, 2.75) is 44.9 Å². The monoisotopic (exact) mass is 483 g/mol. The number of halogens is 1. The first kappa shape index (κ1) is 25.6. The van der Waals surface area contributed by atoms with Gasteiger partial charge in [0.2, 0.25) is 0 Å². The van der Waals surface area contributed by atoms with Crippen LogP contribution in [0.5, 0.6) is 5.75 Å². The number of ether oxygens (including phenoxy) is 1. The zero-order valence-corrected chi connectivity index (χ0v) is 20.3. The van der Waals surface area contributed by atoms with Crippen LogP contribution in [0.3, 0.4) is 0 Å². The maximum Gasteiger partial charge on any atom is 0.264 e. The molecule has 2 aromatic rings. The van der Waals surface area contributed by atoms with Crippen molar-refractivity contribution in [2.75, 3.05) is 25.0 Å². The summed E-state index contributed by atoms with van der Waals surface area (Å²) in [5.41, 5.74) is 2.06. The molecule has 3 rings (SSSR count). The lowest BCUT2D eigenvalue weighted by Crippen LogP contribution is -2.49. The fourth-order valence-electron chi connectivity index (χ4n) is 3.59. The van der Waals surface area contributed by atoms with Crippen LogP contribution in [-0.4, -0.2) is 42.4 Å². The smallest absolute Gasteiger partial charge is 0.264 e. The minimum Gasteiger partial charge on any atom is -0.489 e. The van der Waals surface area contributed by atoms with Crippen LogP contribution in [0, 0.1) is 17.2 Å². The van der Waals surface area contributed by atoms with E-state index in [0.29, 0.717) is 35.8 Å². The molecule has 2 aromatic carbocycles. The van der Waals surface area contributed by atoms with E-state index in [-0.39, 0.29) is 30.0 Å². The number of benzene rings is 2. The van der Waals surface area contributed by atoms with Gasteiger partial charge >= 0.3 is 0 Å². The summed E-state index contributed by atoms with van der Waals surface area (Å²) < 4.78 is 5.59. The highest BCUT2D eigenvalue weighted by Gasteiger charge is 2.26. The largest absolute Gasteiger partial charge is 0.489 e. The second kappa shape index (κ2) is 11.4. The van der Waals surface area contributed by atoms with E-state index in [2.05, 4.69) is 20.9 Å². The van der Waals surface area contributed by atoms with Gasteiger partial charge in [0.25, 0.3) is 5.91 Å². The summed E-state index contributed by atoms with van der Waals surface area (Å²) in [5.74, 6) is 0.326. The third kappa shape index (κ3) is 7.26. The first-order valence-corrected chi connectivity index (χ1v) is 11.6. The maximum absolute atomic E-state index is 11.4. The second-order valence-electron chi connectivity index (χ2n) is 9.19. The molecule has 0 saturated carbocycles. The summed E-state index contributed by atoms with van der Waals surface area (Å²) in [5, 5.41) is 34.6. The minimum absolute atomic E-state index is 0.0372. The Labute approximate surface area is 205 Å². The zero-order chi connectivity index (χ0) is 24.7. The predicted octanol–water partition coefficient (Wildman–Crippen LogP) is 4.49. The van der Waals surface area contributed by atoms with Gasteiger partial charge in [-0.05, 0) is 49.6 Å². The molecule has 0 spiro atoms. The molecule has 3 atom stereocenters. The van der Waals surface area contributed by atoms with Crippen molar-refractivity contribution >= 4 is 23.2 Å². The number of carbonyl (C=O) groups excluding carboxylic acids is 1. The van der Waals surface area contributed by atoms with Crippen LogP contribution in [0.15, 0.2) is 52.7 Å². The molecular weight excluding hydrogens is 454 g/mol. The first-order chi connectivity index (χ1) is 16.2. The topological polar surface area (TPSA) is 119 Å². The Bertz CT molecular complexity index is 1070. The number of nitrogens with zero attached hydrogens (tertiary/aromatic N) is 3. The molecule has 0 aliphatic carbocycles. The molecule has 1 heterocycles. The van der Waals surface area contributed by atoms with E-state index < -0.39 is 6.10 Å². The second-order valence-corrected chi connectivity index (χ2v) is 9.63. The third-order valence-corrected chi connectivity index (χ3v) is 5.86. The number of carbonyl (C=O) groups is 1. The average Bonchev–Trinajstić information content (AvgIpc) is 2.81. The quantitative estimate of drug-likeness (QED) is 0.458. The van der Waals surface area contributed by atoms with Crippen molar-refractivity contribution in [2.24, 2.45) is 16.1 Å². The van der Waals surface area contributed by atoms with Crippen molar-refractivity contribution in [3.05, 3.63) is 58.6 Å². The van der Waals surface area contributed by atoms with E-state index in [9.17, 15) is 9.90 Å². The Kier molecular flexibility index (Phi) is 8.61. The summed E-state index contributed by atoms with van der Waals surface area (Å²) in [4.78, 5) is 11.4. The molecular formula is C25H30ClN5O3. The highest BCUT2D eigenvalue weighted by atomic mass is 35.5. The molecule has 0 radical (unpaired) electrons. The van der Waals surface area contributed by atoms with E-state index in [0.717, 1.165) is 11.3 Å². The molecule has 1 amide bonds. The average molecular weight is 484 g/mol. The summed E-state index contributed by atoms with van der Waals surface area (Å²) >= 11 is 5.96. The number of anilines is 1. The first-order valence-electron chi connectivity index (χ1n) is 11.2. The van der Waals surface area contributed by atoms with Crippen molar-refractivity contribution in [3.63, 3.8) is 0 Å². The summed E-state index contributed by atoms with van der Waals surface area (Å²) in [7, 11) is 0. The van der Waals surface area contributed by atoms with Gasteiger partial charge < -0.3 is 20.5 Å². The number of azo groups is 1. The fourth-order valence-corrected chi connectivity index (χ4v) is 3.76. The van der Waals surface area contributed by atoms with Gasteiger partial charge in [-0.1, -0.05) is 30.7 Å². The third-order valence-electron chi connectivity index (χ3n) is 5.63. The van der Waals surface area contributed by atoms with E-state index in [1.807, 2.05) is 51.1 Å². The number of rotatable bonds is 10.